The van der Waals surface area contributed by atoms with Crippen molar-refractivity contribution in [2.75, 3.05) is 33.4 Å². The molecule has 1 unspecified atom stereocenters. The molecular weight excluding hydrogens is 472 g/mol. The number of aryl methyl sites for hydroxylation is 1. The van der Waals surface area contributed by atoms with Crippen molar-refractivity contribution in [1.82, 2.24) is 9.21 Å². The molecule has 3 aromatic carbocycles. The van der Waals surface area contributed by atoms with Crippen molar-refractivity contribution in [3.05, 3.63) is 83.9 Å². The highest BCUT2D eigenvalue weighted by Crippen LogP contribution is 2.43. The number of methoxy groups -OCH3 is 1. The van der Waals surface area contributed by atoms with Gasteiger partial charge in [0, 0.05) is 36.7 Å². The van der Waals surface area contributed by atoms with Gasteiger partial charge in [0.05, 0.1) is 18.6 Å². The van der Waals surface area contributed by atoms with E-state index in [1.54, 1.807) is 23.5 Å². The standard InChI is InChI=1S/C29H34N2O4S/c1-21-9-3-6-12-28(21)36(33,34)30-17-7-8-18-31-25(19-30)29(26(31)20-32)23-15-13-22(14-16-23)24-10-4-5-11-27(24)35-2/h3-6,9-16,25-26,29,32H,7-8,17-20H2,1-2H3/t25-,26+,29?/m0/s1. The monoisotopic (exact) mass is 506 g/mol. The molecule has 7 heteroatoms. The SMILES string of the molecule is COc1ccccc1-c1ccc(C2[C@@H](CO)N3CCCCN(S(=O)(=O)c4ccccc4C)C[C@@H]23)cc1. The molecule has 5 rings (SSSR count). The molecule has 1 N–H and O–H groups in total. The molecule has 6 nitrogen and oxygen atoms in total. The smallest absolute Gasteiger partial charge is 0.243 e. The van der Waals surface area contributed by atoms with Crippen LogP contribution in [-0.2, 0) is 10.0 Å². The van der Waals surface area contributed by atoms with E-state index in [-0.39, 0.29) is 24.6 Å². The van der Waals surface area contributed by atoms with Gasteiger partial charge in [0.25, 0.3) is 0 Å². The van der Waals surface area contributed by atoms with Crippen LogP contribution < -0.4 is 4.74 Å². The number of nitrogens with zero attached hydrogens (tertiary/aromatic N) is 2. The molecule has 2 heterocycles. The lowest BCUT2D eigenvalue weighted by Crippen LogP contribution is -2.67. The molecule has 0 amide bonds. The lowest BCUT2D eigenvalue weighted by molar-refractivity contribution is -0.0553. The Morgan fingerprint density at radius 3 is 2.36 bits per heavy atom. The molecule has 2 aliphatic heterocycles. The Bertz CT molecular complexity index is 1310. The second-order valence-corrected chi connectivity index (χ2v) is 11.6. The number of ether oxygens (including phenoxy) is 1. The predicted molar refractivity (Wildman–Crippen MR) is 142 cm³/mol. The molecule has 0 bridgehead atoms. The zero-order valence-electron chi connectivity index (χ0n) is 20.9. The van der Waals surface area contributed by atoms with Crippen LogP contribution in [0.15, 0.2) is 77.7 Å². The molecule has 3 atom stereocenters. The van der Waals surface area contributed by atoms with Crippen molar-refractivity contribution in [2.45, 2.75) is 42.7 Å². The van der Waals surface area contributed by atoms with Gasteiger partial charge in [-0.1, -0.05) is 60.7 Å². The topological polar surface area (TPSA) is 70.1 Å². The van der Waals surface area contributed by atoms with Gasteiger partial charge in [0.15, 0.2) is 0 Å². The van der Waals surface area contributed by atoms with Crippen LogP contribution in [0.25, 0.3) is 11.1 Å². The predicted octanol–water partition coefficient (Wildman–Crippen LogP) is 4.28. The van der Waals surface area contributed by atoms with Crippen LogP contribution in [0, 0.1) is 6.92 Å². The fraction of sp³-hybridized carbons (Fsp3) is 0.379. The number of sulfonamides is 1. The van der Waals surface area contributed by atoms with Crippen LogP contribution in [0.2, 0.25) is 0 Å². The first-order chi connectivity index (χ1) is 17.5. The van der Waals surface area contributed by atoms with Gasteiger partial charge in [0.1, 0.15) is 5.75 Å². The van der Waals surface area contributed by atoms with E-state index in [0.717, 1.165) is 47.4 Å². The summed E-state index contributed by atoms with van der Waals surface area (Å²) in [6.45, 7) is 3.72. The molecule has 36 heavy (non-hydrogen) atoms. The van der Waals surface area contributed by atoms with E-state index < -0.39 is 10.0 Å². The number of aliphatic hydroxyl groups is 1. The summed E-state index contributed by atoms with van der Waals surface area (Å²) in [5.41, 5.74) is 3.99. The van der Waals surface area contributed by atoms with Gasteiger partial charge in [-0.15, -0.1) is 0 Å². The number of hydrogen-bond acceptors (Lipinski definition) is 5. The maximum absolute atomic E-state index is 13.7. The van der Waals surface area contributed by atoms with Crippen LogP contribution in [0.1, 0.15) is 29.9 Å². The minimum atomic E-state index is -3.60. The van der Waals surface area contributed by atoms with E-state index in [1.807, 2.05) is 43.3 Å². The van der Waals surface area contributed by atoms with E-state index in [2.05, 4.69) is 29.2 Å². The second-order valence-electron chi connectivity index (χ2n) is 9.74. The minimum Gasteiger partial charge on any atom is -0.496 e. The van der Waals surface area contributed by atoms with Crippen LogP contribution in [0.5, 0.6) is 5.75 Å². The van der Waals surface area contributed by atoms with Gasteiger partial charge in [0.2, 0.25) is 10.0 Å². The van der Waals surface area contributed by atoms with E-state index in [0.29, 0.717) is 18.0 Å². The van der Waals surface area contributed by atoms with Crippen LogP contribution in [-0.4, -0.2) is 68.2 Å². The number of hydrogen-bond donors (Lipinski definition) is 1. The van der Waals surface area contributed by atoms with E-state index in [1.165, 1.54) is 0 Å². The Balaban J connectivity index is 1.44. The van der Waals surface area contributed by atoms with Crippen LogP contribution >= 0.6 is 0 Å². The van der Waals surface area contributed by atoms with Crippen molar-refractivity contribution < 1.29 is 18.3 Å². The first-order valence-electron chi connectivity index (χ1n) is 12.6. The van der Waals surface area contributed by atoms with Gasteiger partial charge in [-0.2, -0.15) is 4.31 Å². The number of rotatable bonds is 6. The third-order valence-electron chi connectivity index (χ3n) is 7.76. The fourth-order valence-electron chi connectivity index (χ4n) is 5.88. The minimum absolute atomic E-state index is 0.00627. The molecule has 0 radical (unpaired) electrons. The molecule has 0 saturated carbocycles. The average molecular weight is 507 g/mol. The summed E-state index contributed by atoms with van der Waals surface area (Å²) in [6.07, 6.45) is 1.72. The average Bonchev–Trinajstić information content (AvgIpc) is 2.88. The van der Waals surface area contributed by atoms with Gasteiger partial charge >= 0.3 is 0 Å². The summed E-state index contributed by atoms with van der Waals surface area (Å²) in [4.78, 5) is 2.69. The van der Waals surface area contributed by atoms with Crippen molar-refractivity contribution in [3.8, 4) is 16.9 Å². The molecule has 3 aromatic rings. The summed E-state index contributed by atoms with van der Waals surface area (Å²) in [7, 11) is -1.93. The molecule has 0 spiro atoms. The van der Waals surface area contributed by atoms with Gasteiger partial charge < -0.3 is 9.84 Å². The Hall–Kier alpha value is -2.71. The third-order valence-corrected chi connectivity index (χ3v) is 9.78. The summed E-state index contributed by atoms with van der Waals surface area (Å²) in [5.74, 6) is 0.889. The summed E-state index contributed by atoms with van der Waals surface area (Å²) in [6, 6.07) is 23.6. The normalized spacial score (nSPS) is 23.2. The third kappa shape index (κ3) is 4.45. The van der Waals surface area contributed by atoms with E-state index in [9.17, 15) is 13.5 Å². The Labute approximate surface area is 214 Å². The first-order valence-corrected chi connectivity index (χ1v) is 14.1. The number of benzene rings is 3. The number of aliphatic hydroxyl groups excluding tert-OH is 1. The zero-order valence-corrected chi connectivity index (χ0v) is 21.7. The summed E-state index contributed by atoms with van der Waals surface area (Å²) in [5, 5.41) is 10.3. The van der Waals surface area contributed by atoms with Crippen molar-refractivity contribution in [3.63, 3.8) is 0 Å². The first kappa shape index (κ1) is 25.0. The van der Waals surface area contributed by atoms with E-state index >= 15 is 0 Å². The molecule has 2 aliphatic rings. The molecule has 2 fully saturated rings. The summed E-state index contributed by atoms with van der Waals surface area (Å²) >= 11 is 0. The molecule has 0 aliphatic carbocycles. The lowest BCUT2D eigenvalue weighted by Gasteiger charge is -2.57. The highest BCUT2D eigenvalue weighted by molar-refractivity contribution is 7.89. The highest BCUT2D eigenvalue weighted by atomic mass is 32.2. The number of para-hydroxylation sites is 1. The maximum Gasteiger partial charge on any atom is 0.243 e. The quantitative estimate of drug-likeness (QED) is 0.540. The van der Waals surface area contributed by atoms with Gasteiger partial charge in [-0.3, -0.25) is 4.90 Å². The van der Waals surface area contributed by atoms with Crippen LogP contribution in [0.3, 0.4) is 0 Å². The van der Waals surface area contributed by atoms with Crippen LogP contribution in [0.4, 0.5) is 0 Å². The Morgan fingerprint density at radius 1 is 0.944 bits per heavy atom. The molecule has 2 saturated heterocycles. The summed E-state index contributed by atoms with van der Waals surface area (Å²) < 4.78 is 34.5. The van der Waals surface area contributed by atoms with Crippen molar-refractivity contribution in [2.24, 2.45) is 0 Å². The lowest BCUT2D eigenvalue weighted by atomic mass is 9.74. The Morgan fingerprint density at radius 2 is 1.64 bits per heavy atom. The molecule has 0 aromatic heterocycles. The van der Waals surface area contributed by atoms with Gasteiger partial charge in [-0.05, 0) is 55.1 Å². The molecule has 190 valence electrons. The van der Waals surface area contributed by atoms with Gasteiger partial charge in [-0.25, -0.2) is 8.42 Å². The second kappa shape index (κ2) is 10.3. The number of fused-ring (bicyclic) bond motifs is 1. The zero-order chi connectivity index (χ0) is 25.3. The highest BCUT2D eigenvalue weighted by Gasteiger charge is 2.50. The Kier molecular flexibility index (Phi) is 7.17. The van der Waals surface area contributed by atoms with Crippen molar-refractivity contribution >= 4 is 10.0 Å². The fourth-order valence-corrected chi connectivity index (χ4v) is 7.60. The van der Waals surface area contributed by atoms with Crippen molar-refractivity contribution in [1.29, 1.82) is 0 Å². The van der Waals surface area contributed by atoms with E-state index in [4.69, 9.17) is 4.74 Å². The largest absolute Gasteiger partial charge is 0.496 e. The maximum atomic E-state index is 13.7. The molecular formula is C29H34N2O4S.